The molecule has 5 nitrogen and oxygen atoms in total. The van der Waals surface area contributed by atoms with Crippen molar-refractivity contribution in [3.8, 4) is 0 Å². The smallest absolute Gasteiger partial charge is 0.313 e. The summed E-state index contributed by atoms with van der Waals surface area (Å²) in [6.45, 7) is 5.99. The fourth-order valence-corrected chi connectivity index (χ4v) is 2.88. The van der Waals surface area contributed by atoms with Crippen molar-refractivity contribution < 1.29 is 19.4 Å². The van der Waals surface area contributed by atoms with Crippen molar-refractivity contribution in [2.75, 3.05) is 39.5 Å². The molecule has 0 aromatic carbocycles. The van der Waals surface area contributed by atoms with Gasteiger partial charge < -0.3 is 14.6 Å². The van der Waals surface area contributed by atoms with Gasteiger partial charge in [-0.2, -0.15) is 0 Å². The minimum atomic E-state index is -0.719. The first-order chi connectivity index (χ1) is 8.68. The highest BCUT2D eigenvalue weighted by molar-refractivity contribution is 5.75. The molecule has 18 heavy (non-hydrogen) atoms. The summed E-state index contributed by atoms with van der Waals surface area (Å²) >= 11 is 0. The average molecular weight is 257 g/mol. The van der Waals surface area contributed by atoms with Crippen molar-refractivity contribution >= 4 is 5.97 Å². The molecule has 0 aromatic rings. The van der Waals surface area contributed by atoms with Gasteiger partial charge in [-0.15, -0.1) is 0 Å². The van der Waals surface area contributed by atoms with E-state index in [9.17, 15) is 9.90 Å². The highest BCUT2D eigenvalue weighted by atomic mass is 16.5. The number of hydrogen-bond donors (Lipinski definition) is 1. The normalized spacial score (nSPS) is 34.4. The van der Waals surface area contributed by atoms with Crippen LogP contribution < -0.4 is 0 Å². The van der Waals surface area contributed by atoms with Crippen LogP contribution >= 0.6 is 0 Å². The second kappa shape index (κ2) is 5.99. The van der Waals surface area contributed by atoms with Crippen LogP contribution in [-0.2, 0) is 14.3 Å². The van der Waals surface area contributed by atoms with Gasteiger partial charge in [-0.05, 0) is 19.3 Å². The van der Waals surface area contributed by atoms with Crippen molar-refractivity contribution in [1.29, 1.82) is 0 Å². The quantitative estimate of drug-likeness (QED) is 0.813. The van der Waals surface area contributed by atoms with Crippen LogP contribution in [0.15, 0.2) is 0 Å². The van der Waals surface area contributed by atoms with Gasteiger partial charge in [-0.25, -0.2) is 0 Å². The van der Waals surface area contributed by atoms with E-state index in [0.717, 1.165) is 25.8 Å². The van der Waals surface area contributed by atoms with Gasteiger partial charge in [0.25, 0.3) is 0 Å². The Hall–Kier alpha value is -0.650. The zero-order chi connectivity index (χ0) is 13.0. The molecule has 2 atom stereocenters. The number of nitrogens with zero attached hydrogens (tertiary/aromatic N) is 1. The Balaban J connectivity index is 2.05. The second-order valence-corrected chi connectivity index (χ2v) is 5.35. The van der Waals surface area contributed by atoms with E-state index in [4.69, 9.17) is 9.47 Å². The molecule has 2 aliphatic rings. The Morgan fingerprint density at radius 1 is 1.44 bits per heavy atom. The summed E-state index contributed by atoms with van der Waals surface area (Å²) in [6.07, 6.45) is 2.56. The molecule has 0 bridgehead atoms. The molecule has 2 heterocycles. The number of carbonyl (C=O) groups is 1. The van der Waals surface area contributed by atoms with Gasteiger partial charge in [0.15, 0.2) is 0 Å². The number of rotatable bonds is 4. The Morgan fingerprint density at radius 2 is 2.28 bits per heavy atom. The van der Waals surface area contributed by atoms with E-state index in [-0.39, 0.29) is 0 Å². The summed E-state index contributed by atoms with van der Waals surface area (Å²) in [5.74, 6) is -0.719. The number of hydrogen-bond acceptors (Lipinski definition) is 4. The maximum atomic E-state index is 11.6. The van der Waals surface area contributed by atoms with Crippen molar-refractivity contribution in [3.05, 3.63) is 0 Å². The molecule has 0 spiro atoms. The largest absolute Gasteiger partial charge is 0.481 e. The van der Waals surface area contributed by atoms with E-state index in [1.54, 1.807) is 0 Å². The number of ether oxygens (including phenoxy) is 2. The summed E-state index contributed by atoms with van der Waals surface area (Å²) in [6, 6.07) is 0.344. The van der Waals surface area contributed by atoms with E-state index < -0.39 is 11.4 Å². The minimum Gasteiger partial charge on any atom is -0.481 e. The molecule has 104 valence electrons. The van der Waals surface area contributed by atoms with Gasteiger partial charge in [-0.1, -0.05) is 6.92 Å². The van der Waals surface area contributed by atoms with Crippen molar-refractivity contribution in [1.82, 2.24) is 4.90 Å². The van der Waals surface area contributed by atoms with Crippen LogP contribution in [0, 0.1) is 5.41 Å². The molecule has 0 saturated carbocycles. The van der Waals surface area contributed by atoms with E-state index in [0.29, 0.717) is 39.0 Å². The van der Waals surface area contributed by atoms with Crippen LogP contribution in [0.5, 0.6) is 0 Å². The maximum absolute atomic E-state index is 11.6. The zero-order valence-corrected chi connectivity index (χ0v) is 11.1. The summed E-state index contributed by atoms with van der Waals surface area (Å²) in [5.41, 5.74) is -0.719. The third-order valence-electron chi connectivity index (χ3n) is 4.10. The van der Waals surface area contributed by atoms with E-state index >= 15 is 0 Å². The minimum absolute atomic E-state index is 0.343. The van der Waals surface area contributed by atoms with Gasteiger partial charge >= 0.3 is 5.97 Å². The van der Waals surface area contributed by atoms with Crippen LogP contribution in [0.2, 0.25) is 0 Å². The average Bonchev–Trinajstić information content (AvgIpc) is 2.40. The lowest BCUT2D eigenvalue weighted by Gasteiger charge is -2.42. The van der Waals surface area contributed by atoms with Crippen molar-refractivity contribution in [2.45, 2.75) is 32.2 Å². The second-order valence-electron chi connectivity index (χ2n) is 5.35. The number of carboxylic acid groups (broad SMARTS) is 1. The standard InChI is InChI=1S/C13H23NO4/c1-2-11-8-17-7-5-14(11)9-13(12(15)16)4-3-6-18-10-13/h11H,2-10H2,1H3,(H,15,16). The lowest BCUT2D eigenvalue weighted by Crippen LogP contribution is -2.54. The molecule has 5 heteroatoms. The molecule has 2 fully saturated rings. The number of carboxylic acids is 1. The fourth-order valence-electron chi connectivity index (χ4n) is 2.88. The zero-order valence-electron chi connectivity index (χ0n) is 11.1. The third-order valence-corrected chi connectivity index (χ3v) is 4.10. The van der Waals surface area contributed by atoms with Crippen LogP contribution in [0.1, 0.15) is 26.2 Å². The van der Waals surface area contributed by atoms with Crippen molar-refractivity contribution in [2.24, 2.45) is 5.41 Å². The molecular formula is C13H23NO4. The Bertz CT molecular complexity index is 289. The summed E-state index contributed by atoms with van der Waals surface area (Å²) < 4.78 is 10.9. The lowest BCUT2D eigenvalue weighted by molar-refractivity contribution is -0.161. The van der Waals surface area contributed by atoms with Gasteiger partial charge in [-0.3, -0.25) is 9.69 Å². The summed E-state index contributed by atoms with van der Waals surface area (Å²) in [4.78, 5) is 13.9. The number of morpholine rings is 1. The summed E-state index contributed by atoms with van der Waals surface area (Å²) in [5, 5.41) is 9.54. The van der Waals surface area contributed by atoms with E-state index in [1.807, 2.05) is 0 Å². The van der Waals surface area contributed by atoms with Gasteiger partial charge in [0.05, 0.1) is 19.8 Å². The molecule has 2 aliphatic heterocycles. The predicted molar refractivity (Wildman–Crippen MR) is 66.6 cm³/mol. The molecule has 2 saturated heterocycles. The molecule has 0 aliphatic carbocycles. The van der Waals surface area contributed by atoms with Crippen LogP contribution in [0.25, 0.3) is 0 Å². The van der Waals surface area contributed by atoms with E-state index in [1.165, 1.54) is 0 Å². The molecule has 0 radical (unpaired) electrons. The Morgan fingerprint density at radius 3 is 2.89 bits per heavy atom. The van der Waals surface area contributed by atoms with Crippen LogP contribution in [-0.4, -0.2) is 61.5 Å². The Kier molecular flexibility index (Phi) is 4.59. The third kappa shape index (κ3) is 2.84. The van der Waals surface area contributed by atoms with Crippen LogP contribution in [0.3, 0.4) is 0 Å². The topological polar surface area (TPSA) is 59.0 Å². The molecular weight excluding hydrogens is 234 g/mol. The monoisotopic (exact) mass is 257 g/mol. The van der Waals surface area contributed by atoms with Crippen LogP contribution in [0.4, 0.5) is 0 Å². The highest BCUT2D eigenvalue weighted by Crippen LogP contribution is 2.31. The number of aliphatic carboxylic acids is 1. The van der Waals surface area contributed by atoms with E-state index in [2.05, 4.69) is 11.8 Å². The van der Waals surface area contributed by atoms with Gasteiger partial charge in [0.2, 0.25) is 0 Å². The first kappa shape index (κ1) is 13.8. The predicted octanol–water partition coefficient (Wildman–Crippen LogP) is 0.979. The fraction of sp³-hybridized carbons (Fsp3) is 0.923. The molecule has 0 aromatic heterocycles. The van der Waals surface area contributed by atoms with Gasteiger partial charge in [0.1, 0.15) is 5.41 Å². The SMILES string of the molecule is CCC1COCCN1CC1(C(=O)O)CCCOC1. The molecule has 2 rings (SSSR count). The molecule has 0 amide bonds. The Labute approximate surface area is 108 Å². The van der Waals surface area contributed by atoms with Crippen molar-refractivity contribution in [3.63, 3.8) is 0 Å². The molecule has 1 N–H and O–H groups in total. The highest BCUT2D eigenvalue weighted by Gasteiger charge is 2.43. The lowest BCUT2D eigenvalue weighted by atomic mass is 9.81. The summed E-state index contributed by atoms with van der Waals surface area (Å²) in [7, 11) is 0. The molecule has 2 unspecified atom stereocenters. The maximum Gasteiger partial charge on any atom is 0.313 e. The van der Waals surface area contributed by atoms with Gasteiger partial charge in [0, 0.05) is 25.7 Å². The first-order valence-electron chi connectivity index (χ1n) is 6.81. The first-order valence-corrected chi connectivity index (χ1v) is 6.81.